The van der Waals surface area contributed by atoms with E-state index in [9.17, 15) is 0 Å². The molecular formula is C30H22O2P2+2. The zero-order chi connectivity index (χ0) is 22.5. The van der Waals surface area contributed by atoms with Crippen molar-refractivity contribution in [3.05, 3.63) is 132 Å². The SMILES string of the molecule is C1=CC2=[P+](c3ccccc3)C3=CC4=[P+](c5ccccc5)c5ccccc5OC4C=C3OC2C=C1. The fourth-order valence-electron chi connectivity index (χ4n) is 5.00. The van der Waals surface area contributed by atoms with Gasteiger partial charge >= 0.3 is 0 Å². The lowest BCUT2D eigenvalue weighted by Gasteiger charge is -2.29. The number of para-hydroxylation sites is 1. The van der Waals surface area contributed by atoms with Crippen LogP contribution in [0.3, 0.4) is 0 Å². The summed E-state index contributed by atoms with van der Waals surface area (Å²) in [7, 11) is -1.38. The van der Waals surface area contributed by atoms with E-state index >= 15 is 0 Å². The Hall–Kier alpha value is -3.44. The van der Waals surface area contributed by atoms with E-state index < -0.39 is 15.1 Å². The second-order valence-corrected chi connectivity index (χ2v) is 12.9. The third kappa shape index (κ3) is 3.18. The van der Waals surface area contributed by atoms with Gasteiger partial charge in [-0.05, 0) is 48.6 Å². The van der Waals surface area contributed by atoms with Gasteiger partial charge in [0.15, 0.2) is 70.6 Å². The maximum atomic E-state index is 6.57. The molecule has 0 saturated heterocycles. The Morgan fingerprint density at radius 3 is 2.12 bits per heavy atom. The average molecular weight is 476 g/mol. The van der Waals surface area contributed by atoms with Crippen molar-refractivity contribution >= 4 is 41.6 Å². The Labute approximate surface area is 201 Å². The average Bonchev–Trinajstić information content (AvgIpc) is 2.90. The van der Waals surface area contributed by atoms with Crippen molar-refractivity contribution in [2.24, 2.45) is 0 Å². The van der Waals surface area contributed by atoms with E-state index in [4.69, 9.17) is 9.47 Å². The van der Waals surface area contributed by atoms with E-state index in [1.165, 1.54) is 31.8 Å². The summed E-state index contributed by atoms with van der Waals surface area (Å²) in [5.41, 5.74) is 0. The molecule has 2 aliphatic carbocycles. The highest BCUT2D eigenvalue weighted by Crippen LogP contribution is 2.50. The van der Waals surface area contributed by atoms with Crippen molar-refractivity contribution in [1.29, 1.82) is 0 Å². The summed E-state index contributed by atoms with van der Waals surface area (Å²) >= 11 is 0. The number of ether oxygens (including phenoxy) is 2. The lowest BCUT2D eigenvalue weighted by atomic mass is 10.1. The van der Waals surface area contributed by atoms with Crippen LogP contribution in [0.4, 0.5) is 0 Å². The van der Waals surface area contributed by atoms with E-state index in [-0.39, 0.29) is 12.2 Å². The number of fused-ring (bicyclic) bond motifs is 4. The molecule has 4 unspecified atom stereocenters. The Morgan fingerprint density at radius 1 is 0.618 bits per heavy atom. The van der Waals surface area contributed by atoms with Gasteiger partial charge in [0.2, 0.25) is 0 Å². The fraction of sp³-hybridized carbons (Fsp3) is 0.0667. The molecule has 4 heteroatoms. The van der Waals surface area contributed by atoms with Crippen LogP contribution in [-0.2, 0) is 4.74 Å². The highest BCUT2D eigenvalue weighted by atomic mass is 31.1. The van der Waals surface area contributed by atoms with Crippen molar-refractivity contribution in [3.8, 4) is 5.75 Å². The maximum Gasteiger partial charge on any atom is 0.200 e. The molecule has 0 N–H and O–H groups in total. The predicted molar refractivity (Wildman–Crippen MR) is 146 cm³/mol. The van der Waals surface area contributed by atoms with E-state index in [0.29, 0.717) is 0 Å². The molecule has 3 aromatic carbocycles. The zero-order valence-corrected chi connectivity index (χ0v) is 20.2. The Bertz CT molecular complexity index is 1490. The summed E-state index contributed by atoms with van der Waals surface area (Å²) in [5.74, 6) is 1.95. The van der Waals surface area contributed by atoms with Gasteiger partial charge < -0.3 is 9.47 Å². The van der Waals surface area contributed by atoms with Gasteiger partial charge in [0.25, 0.3) is 0 Å². The lowest BCUT2D eigenvalue weighted by molar-refractivity contribution is 0.208. The number of hydrogen-bond donors (Lipinski definition) is 0. The van der Waals surface area contributed by atoms with Crippen LogP contribution in [0.25, 0.3) is 0 Å². The first kappa shape index (κ1) is 20.0. The summed E-state index contributed by atoms with van der Waals surface area (Å²) < 4.78 is 13.1. The molecule has 162 valence electrons. The van der Waals surface area contributed by atoms with Crippen LogP contribution in [0.5, 0.6) is 5.75 Å². The van der Waals surface area contributed by atoms with Crippen molar-refractivity contribution in [1.82, 2.24) is 0 Å². The van der Waals surface area contributed by atoms with Gasteiger partial charge in [0.1, 0.15) is 0 Å². The summed E-state index contributed by atoms with van der Waals surface area (Å²) in [6.45, 7) is 0. The Morgan fingerprint density at radius 2 is 1.32 bits per heavy atom. The van der Waals surface area contributed by atoms with Gasteiger partial charge in [0.05, 0.1) is 0 Å². The molecule has 4 atom stereocenters. The molecule has 7 rings (SSSR count). The monoisotopic (exact) mass is 476 g/mol. The summed E-state index contributed by atoms with van der Waals surface area (Å²) in [6, 6.07) is 30.3. The van der Waals surface area contributed by atoms with Crippen LogP contribution in [0.15, 0.2) is 132 Å². The molecular weight excluding hydrogens is 454 g/mol. The number of rotatable bonds is 2. The molecule has 4 aliphatic rings. The normalized spacial score (nSPS) is 24.0. The van der Waals surface area contributed by atoms with Crippen LogP contribution in [-0.4, -0.2) is 22.8 Å². The molecule has 0 amide bonds. The molecule has 0 saturated carbocycles. The van der Waals surface area contributed by atoms with E-state index in [0.717, 1.165) is 11.5 Å². The fourth-order valence-corrected chi connectivity index (χ4v) is 10.2. The third-order valence-corrected chi connectivity index (χ3v) is 11.6. The molecule has 34 heavy (non-hydrogen) atoms. The third-order valence-electron chi connectivity index (χ3n) is 6.49. The number of hydrogen-bond acceptors (Lipinski definition) is 2. The summed E-state index contributed by atoms with van der Waals surface area (Å²) in [5, 5.41) is 8.00. The second kappa shape index (κ2) is 8.10. The topological polar surface area (TPSA) is 18.5 Å². The second-order valence-electron chi connectivity index (χ2n) is 8.54. The van der Waals surface area contributed by atoms with Crippen LogP contribution < -0.4 is 20.7 Å². The van der Waals surface area contributed by atoms with Gasteiger partial charge in [-0.25, -0.2) is 0 Å². The van der Waals surface area contributed by atoms with Crippen LogP contribution >= 0.6 is 15.1 Å². The van der Waals surface area contributed by atoms with Gasteiger partial charge in [-0.15, -0.1) is 0 Å². The van der Waals surface area contributed by atoms with E-state index in [2.05, 4.69) is 121 Å². The molecule has 2 heterocycles. The first-order chi connectivity index (χ1) is 16.9. The van der Waals surface area contributed by atoms with Gasteiger partial charge in [-0.2, -0.15) is 0 Å². The lowest BCUT2D eigenvalue weighted by Crippen LogP contribution is -2.37. The van der Waals surface area contributed by atoms with E-state index in [1.807, 2.05) is 0 Å². The highest BCUT2D eigenvalue weighted by Gasteiger charge is 2.47. The number of benzene rings is 3. The minimum atomic E-state index is -0.695. The minimum Gasteiger partial charge on any atom is -0.473 e. The summed E-state index contributed by atoms with van der Waals surface area (Å²) in [6.07, 6.45) is 13.2. The molecule has 2 aliphatic heterocycles. The quantitative estimate of drug-likeness (QED) is 0.465. The molecule has 0 spiro atoms. The van der Waals surface area contributed by atoms with Crippen molar-refractivity contribution in [2.75, 3.05) is 0 Å². The molecule has 0 aromatic heterocycles. The molecule has 0 radical (unpaired) electrons. The van der Waals surface area contributed by atoms with Gasteiger partial charge in [0, 0.05) is 12.2 Å². The van der Waals surface area contributed by atoms with Crippen LogP contribution in [0.2, 0.25) is 0 Å². The van der Waals surface area contributed by atoms with Crippen molar-refractivity contribution in [3.63, 3.8) is 0 Å². The van der Waals surface area contributed by atoms with E-state index in [1.54, 1.807) is 0 Å². The maximum absolute atomic E-state index is 6.57. The first-order valence-corrected chi connectivity index (χ1v) is 14.2. The summed E-state index contributed by atoms with van der Waals surface area (Å²) in [4.78, 5) is 0. The predicted octanol–water partition coefficient (Wildman–Crippen LogP) is 5.34. The van der Waals surface area contributed by atoms with Crippen LogP contribution in [0, 0.1) is 0 Å². The number of allylic oxidation sites excluding steroid dienone is 3. The molecule has 0 bridgehead atoms. The van der Waals surface area contributed by atoms with Gasteiger partial charge in [-0.3, -0.25) is 0 Å². The molecule has 0 fully saturated rings. The largest absolute Gasteiger partial charge is 0.473 e. The highest BCUT2D eigenvalue weighted by molar-refractivity contribution is 7.74. The Balaban J connectivity index is 1.52. The standard InChI is InChI=1S/C30H22O2P2/c1-3-11-21(12-4-1)33-27-17-9-7-15-23(27)31-25-19-26-30(20-29(25)33)34(22-13-5-2-6-14-22)28-18-10-8-16-24(28)32-26/h1-20,23,26H/q+2. The zero-order valence-electron chi connectivity index (χ0n) is 18.4. The van der Waals surface area contributed by atoms with Crippen LogP contribution in [0.1, 0.15) is 0 Å². The first-order valence-electron chi connectivity index (χ1n) is 11.5. The van der Waals surface area contributed by atoms with Crippen molar-refractivity contribution in [2.45, 2.75) is 12.2 Å². The van der Waals surface area contributed by atoms with Gasteiger partial charge in [-0.1, -0.05) is 60.7 Å². The minimum absolute atomic E-state index is 0.0206. The van der Waals surface area contributed by atoms with Crippen molar-refractivity contribution < 1.29 is 9.47 Å². The molecule has 2 nitrogen and oxygen atoms in total. The smallest absolute Gasteiger partial charge is 0.200 e. The molecule has 3 aromatic rings. The Kier molecular flexibility index (Phi) is 4.76.